The molecule has 3 N–H and O–H groups in total. The van der Waals surface area contributed by atoms with Gasteiger partial charge in [0.15, 0.2) is 0 Å². The molecular formula is C13H19NO3. The first kappa shape index (κ1) is 13.5. The van der Waals surface area contributed by atoms with Crippen molar-refractivity contribution in [2.75, 3.05) is 0 Å². The van der Waals surface area contributed by atoms with Gasteiger partial charge in [0.05, 0.1) is 5.60 Å². The number of hydrogen-bond acceptors (Lipinski definition) is 2. The van der Waals surface area contributed by atoms with Crippen molar-refractivity contribution in [2.24, 2.45) is 0 Å². The molecule has 4 nitrogen and oxygen atoms in total. The van der Waals surface area contributed by atoms with Crippen molar-refractivity contribution in [3.63, 3.8) is 0 Å². The molecular weight excluding hydrogens is 218 g/mol. The lowest BCUT2D eigenvalue weighted by Crippen LogP contribution is -2.32. The number of carboxylic acid groups (broad SMARTS) is 1. The van der Waals surface area contributed by atoms with Gasteiger partial charge in [-0.25, -0.2) is 4.79 Å². The highest BCUT2D eigenvalue weighted by atomic mass is 16.4. The summed E-state index contributed by atoms with van der Waals surface area (Å²) in [6, 6.07) is 7.41. The Labute approximate surface area is 101 Å². The average molecular weight is 237 g/mol. The van der Waals surface area contributed by atoms with Crippen LogP contribution >= 0.6 is 0 Å². The van der Waals surface area contributed by atoms with Gasteiger partial charge >= 0.3 is 6.09 Å². The molecule has 0 heterocycles. The van der Waals surface area contributed by atoms with E-state index in [0.29, 0.717) is 6.42 Å². The Hall–Kier alpha value is -1.55. The SMILES string of the molecule is CC(Cc1cccc(C(C)(C)O)c1)NC(=O)O. The summed E-state index contributed by atoms with van der Waals surface area (Å²) in [4.78, 5) is 10.5. The summed E-state index contributed by atoms with van der Waals surface area (Å²) in [6.45, 7) is 5.26. The molecule has 1 rings (SSSR count). The van der Waals surface area contributed by atoms with Crippen LogP contribution in [-0.2, 0) is 12.0 Å². The Morgan fingerprint density at radius 2 is 2.12 bits per heavy atom. The first-order valence-electron chi connectivity index (χ1n) is 5.60. The second kappa shape index (κ2) is 5.19. The molecule has 0 aromatic heterocycles. The van der Waals surface area contributed by atoms with Crippen molar-refractivity contribution in [3.05, 3.63) is 35.4 Å². The van der Waals surface area contributed by atoms with Crippen molar-refractivity contribution in [1.29, 1.82) is 0 Å². The van der Waals surface area contributed by atoms with E-state index in [1.807, 2.05) is 31.2 Å². The topological polar surface area (TPSA) is 69.6 Å². The molecule has 1 amide bonds. The zero-order chi connectivity index (χ0) is 13.1. The molecule has 4 heteroatoms. The maximum Gasteiger partial charge on any atom is 0.404 e. The molecule has 1 aromatic rings. The molecule has 0 spiro atoms. The number of amides is 1. The quantitative estimate of drug-likeness (QED) is 0.751. The standard InChI is InChI=1S/C13H19NO3/c1-9(14-12(15)16)7-10-5-4-6-11(8-10)13(2,3)17/h4-6,8-9,14,17H,7H2,1-3H3,(H,15,16). The lowest BCUT2D eigenvalue weighted by atomic mass is 9.95. The molecule has 17 heavy (non-hydrogen) atoms. The maximum absolute atomic E-state index is 10.5. The molecule has 0 fully saturated rings. The number of benzene rings is 1. The largest absolute Gasteiger partial charge is 0.465 e. The van der Waals surface area contributed by atoms with E-state index < -0.39 is 11.7 Å². The monoisotopic (exact) mass is 237 g/mol. The van der Waals surface area contributed by atoms with Crippen LogP contribution in [0.1, 0.15) is 31.9 Å². The molecule has 0 saturated carbocycles. The van der Waals surface area contributed by atoms with E-state index in [9.17, 15) is 9.90 Å². The lowest BCUT2D eigenvalue weighted by molar-refractivity contribution is 0.0785. The van der Waals surface area contributed by atoms with Gasteiger partial charge in [-0.1, -0.05) is 24.3 Å². The van der Waals surface area contributed by atoms with Gasteiger partial charge in [-0.05, 0) is 38.3 Å². The van der Waals surface area contributed by atoms with Crippen LogP contribution in [0, 0.1) is 0 Å². The first-order chi connectivity index (χ1) is 7.79. The fraction of sp³-hybridized carbons (Fsp3) is 0.462. The third kappa shape index (κ3) is 4.44. The third-order valence-corrected chi connectivity index (χ3v) is 2.55. The van der Waals surface area contributed by atoms with Crippen LogP contribution in [0.4, 0.5) is 4.79 Å². The summed E-state index contributed by atoms with van der Waals surface area (Å²) in [6.07, 6.45) is -0.410. The van der Waals surface area contributed by atoms with Gasteiger partial charge in [-0.3, -0.25) is 0 Å². The highest BCUT2D eigenvalue weighted by molar-refractivity contribution is 5.64. The van der Waals surface area contributed by atoms with Crippen molar-refractivity contribution in [1.82, 2.24) is 5.32 Å². The summed E-state index contributed by atoms with van der Waals surface area (Å²) in [5.74, 6) is 0. The predicted octanol–water partition coefficient (Wildman–Crippen LogP) is 2.11. The van der Waals surface area contributed by atoms with Gasteiger partial charge in [0, 0.05) is 6.04 Å². The summed E-state index contributed by atoms with van der Waals surface area (Å²) >= 11 is 0. The fourth-order valence-corrected chi connectivity index (χ4v) is 1.69. The van der Waals surface area contributed by atoms with Crippen LogP contribution in [0.15, 0.2) is 24.3 Å². The van der Waals surface area contributed by atoms with E-state index in [0.717, 1.165) is 11.1 Å². The van der Waals surface area contributed by atoms with E-state index >= 15 is 0 Å². The van der Waals surface area contributed by atoms with Gasteiger partial charge in [0.1, 0.15) is 0 Å². The third-order valence-electron chi connectivity index (χ3n) is 2.55. The van der Waals surface area contributed by atoms with Crippen molar-refractivity contribution in [3.8, 4) is 0 Å². The number of carbonyl (C=O) groups is 1. The van der Waals surface area contributed by atoms with E-state index in [4.69, 9.17) is 5.11 Å². The van der Waals surface area contributed by atoms with Crippen LogP contribution in [0.3, 0.4) is 0 Å². The zero-order valence-corrected chi connectivity index (χ0v) is 10.4. The number of hydrogen-bond donors (Lipinski definition) is 3. The minimum absolute atomic E-state index is 0.149. The minimum atomic E-state index is -1.02. The van der Waals surface area contributed by atoms with Crippen LogP contribution < -0.4 is 5.32 Å². The second-order valence-electron chi connectivity index (χ2n) is 4.81. The summed E-state index contributed by atoms with van der Waals surface area (Å²) in [5.41, 5.74) is 0.961. The molecule has 0 aliphatic carbocycles. The molecule has 0 radical (unpaired) electrons. The van der Waals surface area contributed by atoms with Crippen LogP contribution in [0.5, 0.6) is 0 Å². The fourth-order valence-electron chi connectivity index (χ4n) is 1.69. The number of aliphatic hydroxyl groups is 1. The number of nitrogens with one attached hydrogen (secondary N) is 1. The van der Waals surface area contributed by atoms with Crippen molar-refractivity contribution in [2.45, 2.75) is 38.8 Å². The first-order valence-corrected chi connectivity index (χ1v) is 5.60. The normalized spacial score (nSPS) is 13.2. The maximum atomic E-state index is 10.5. The molecule has 0 bridgehead atoms. The Kier molecular flexibility index (Phi) is 4.12. The average Bonchev–Trinajstić information content (AvgIpc) is 2.15. The Morgan fingerprint density at radius 3 is 2.65 bits per heavy atom. The molecule has 1 aromatic carbocycles. The predicted molar refractivity (Wildman–Crippen MR) is 66.0 cm³/mol. The second-order valence-corrected chi connectivity index (χ2v) is 4.81. The van der Waals surface area contributed by atoms with Gasteiger partial charge in [-0.15, -0.1) is 0 Å². The van der Waals surface area contributed by atoms with Gasteiger partial charge in [0.25, 0.3) is 0 Å². The summed E-state index contributed by atoms with van der Waals surface area (Å²) < 4.78 is 0. The molecule has 0 aliphatic heterocycles. The van der Waals surface area contributed by atoms with Crippen molar-refractivity contribution >= 4 is 6.09 Å². The van der Waals surface area contributed by atoms with Crippen LogP contribution in [0.2, 0.25) is 0 Å². The van der Waals surface area contributed by atoms with E-state index in [-0.39, 0.29) is 6.04 Å². The zero-order valence-electron chi connectivity index (χ0n) is 10.4. The Morgan fingerprint density at radius 1 is 1.47 bits per heavy atom. The molecule has 0 aliphatic rings. The van der Waals surface area contributed by atoms with Gasteiger partial charge in [0.2, 0.25) is 0 Å². The highest BCUT2D eigenvalue weighted by Crippen LogP contribution is 2.20. The molecule has 0 saturated heterocycles. The van der Waals surface area contributed by atoms with E-state index in [1.165, 1.54) is 0 Å². The lowest BCUT2D eigenvalue weighted by Gasteiger charge is -2.19. The molecule has 1 unspecified atom stereocenters. The van der Waals surface area contributed by atoms with E-state index in [2.05, 4.69) is 5.32 Å². The number of rotatable bonds is 4. The Bertz CT molecular complexity index is 396. The molecule has 1 atom stereocenters. The Balaban J connectivity index is 2.76. The summed E-state index contributed by atoms with van der Waals surface area (Å²) in [7, 11) is 0. The van der Waals surface area contributed by atoms with Crippen LogP contribution in [-0.4, -0.2) is 22.3 Å². The van der Waals surface area contributed by atoms with E-state index in [1.54, 1.807) is 13.8 Å². The van der Waals surface area contributed by atoms with Crippen molar-refractivity contribution < 1.29 is 15.0 Å². The van der Waals surface area contributed by atoms with Gasteiger partial charge in [-0.2, -0.15) is 0 Å². The minimum Gasteiger partial charge on any atom is -0.465 e. The van der Waals surface area contributed by atoms with Crippen LogP contribution in [0.25, 0.3) is 0 Å². The smallest absolute Gasteiger partial charge is 0.404 e. The molecule has 94 valence electrons. The van der Waals surface area contributed by atoms with Gasteiger partial charge < -0.3 is 15.5 Å². The summed E-state index contributed by atoms with van der Waals surface area (Å²) in [5, 5.41) is 20.9. The highest BCUT2D eigenvalue weighted by Gasteiger charge is 2.16.